The van der Waals surface area contributed by atoms with Crippen molar-refractivity contribution in [2.75, 3.05) is 101 Å². The van der Waals surface area contributed by atoms with Gasteiger partial charge < -0.3 is 51.0 Å². The highest BCUT2D eigenvalue weighted by Gasteiger charge is 2.32. The molecule has 0 bridgehead atoms. The van der Waals surface area contributed by atoms with Crippen LogP contribution in [0, 0.1) is 49.1 Å². The topological polar surface area (TPSA) is 398 Å². The predicted octanol–water partition coefficient (Wildman–Crippen LogP) is 2.38. The zero-order valence-corrected chi connectivity index (χ0v) is 63.2. The summed E-state index contributed by atoms with van der Waals surface area (Å²) in [6.45, 7) is 0.418. The first-order valence-electron chi connectivity index (χ1n) is 30.7. The fourth-order valence-electron chi connectivity index (χ4n) is 9.60. The summed E-state index contributed by atoms with van der Waals surface area (Å²) in [5, 5.41) is 18.9. The Morgan fingerprint density at radius 1 is 0.570 bits per heavy atom. The Morgan fingerprint density at radius 3 is 1.35 bits per heavy atom. The van der Waals surface area contributed by atoms with Gasteiger partial charge in [-0.1, -0.05) is 17.8 Å². The Bertz CT molecular complexity index is 4920. The van der Waals surface area contributed by atoms with Gasteiger partial charge in [0, 0.05) is 106 Å². The standard InChI is InChI=1S/C26H30N6O6S.C14H18IN3O2.C11H12N4O4S.C10H11IN2O.C4H9NO2/c1-29(2)15-20(33)14-17-11-16(12-19(13-17)27-23(34)18-8-9-18)7-6-10-32-22-21(24(35)31(4)26(32)36)30(3)25(28-22)39(5,37)38;1-18(2)8-13(19)16-11-5-10(15)6-12(7-11)17-14(20)9-3-4-9;1-5-6-15-8-7(9(16)14(3)11(15)17)13(2)10(12-8)20(4,18)19;11-7-3-8(12)5-9(4-7)13-10(14)6-1-2-6;1-5(2)3-4(6)7/h11-13,18H,8-10,14-15H2,1-5H3,(H,27,34);5-7,9H,3-4,8H2,1-2H3,(H,16,19)(H,17,20);1H,6H2,2-4H3;3-6H,1-2,12H2,(H,13,14);3H2,1-2H3,(H,6,7). The van der Waals surface area contributed by atoms with E-state index in [1.165, 1.54) is 28.2 Å². The summed E-state index contributed by atoms with van der Waals surface area (Å²) in [5.74, 6) is 7.76. The maximum Gasteiger partial charge on any atom is 0.333 e. The second-order valence-corrected chi connectivity index (χ2v) is 31.2. The van der Waals surface area contributed by atoms with Crippen LogP contribution in [0.5, 0.6) is 0 Å². The van der Waals surface area contributed by atoms with E-state index >= 15 is 0 Å². The number of aryl methyl sites for hydroxylation is 2. The van der Waals surface area contributed by atoms with Gasteiger partial charge in [0.05, 0.1) is 32.7 Å². The molecule has 3 fully saturated rings. The summed E-state index contributed by atoms with van der Waals surface area (Å²) in [6, 6.07) is 16.3. The Morgan fingerprint density at radius 2 is 0.970 bits per heavy atom. The van der Waals surface area contributed by atoms with E-state index in [1.54, 1.807) is 73.2 Å². The van der Waals surface area contributed by atoms with Gasteiger partial charge >= 0.3 is 17.3 Å². The molecule has 3 aliphatic rings. The van der Waals surface area contributed by atoms with Crippen molar-refractivity contribution in [1.29, 1.82) is 0 Å². The van der Waals surface area contributed by atoms with Gasteiger partial charge in [-0.25, -0.2) is 26.4 Å². The number of nitrogens with one attached hydrogen (secondary N) is 4. The van der Waals surface area contributed by atoms with E-state index < -0.39 is 48.1 Å². The molecular weight excluding hydrogens is 1560 g/mol. The van der Waals surface area contributed by atoms with E-state index in [0.29, 0.717) is 34.7 Å². The summed E-state index contributed by atoms with van der Waals surface area (Å²) < 4.78 is 55.9. The highest BCUT2D eigenvalue weighted by Crippen LogP contribution is 2.33. The van der Waals surface area contributed by atoms with Crippen molar-refractivity contribution < 1.29 is 50.7 Å². The number of imidazole rings is 2. The lowest BCUT2D eigenvalue weighted by atomic mass is 10.0. The van der Waals surface area contributed by atoms with Crippen LogP contribution in [-0.2, 0) is 96.1 Å². The highest BCUT2D eigenvalue weighted by molar-refractivity contribution is 14.1. The van der Waals surface area contributed by atoms with Crippen LogP contribution in [0.25, 0.3) is 22.3 Å². The fourth-order valence-corrected chi connectivity index (χ4v) is 12.6. The predicted molar refractivity (Wildman–Crippen MR) is 396 cm³/mol. The fraction of sp³-hybridized carbons (Fsp3) is 0.415. The molecule has 3 saturated carbocycles. The van der Waals surface area contributed by atoms with Gasteiger partial charge in [0.1, 0.15) is 0 Å². The lowest BCUT2D eigenvalue weighted by Crippen LogP contribution is -2.38. The van der Waals surface area contributed by atoms with E-state index in [9.17, 15) is 64.8 Å². The molecule has 100 heavy (non-hydrogen) atoms. The van der Waals surface area contributed by atoms with Gasteiger partial charge in [-0.3, -0.25) is 61.5 Å². The first-order valence-corrected chi connectivity index (χ1v) is 36.7. The SMILES string of the molecule is C#CCn1c(=O)n(C)c(=O)c2c1nc(S(C)(=O)=O)n2C.CN(C)CC(=O)Cc1cc(C#CCn2c(=O)n(C)c(=O)c3c2nc(S(C)(=O)=O)n3C)cc(NC(=O)C2CC2)c1.CN(C)CC(=O)Nc1cc(I)cc(NC(=O)C2CC2)c1.CN(C)CC(=O)O.Nc1cc(I)cc(NC(=O)C2CC2)c1. The van der Waals surface area contributed by atoms with Crippen LogP contribution in [0.1, 0.15) is 49.7 Å². The Labute approximate surface area is 604 Å². The van der Waals surface area contributed by atoms with Gasteiger partial charge in [-0.2, -0.15) is 9.97 Å². The number of carbonyl (C=O) groups is 6. The van der Waals surface area contributed by atoms with Crippen molar-refractivity contribution >= 4 is 151 Å². The second kappa shape index (κ2) is 34.5. The number of amides is 4. The van der Waals surface area contributed by atoms with E-state index in [4.69, 9.17) is 17.3 Å². The van der Waals surface area contributed by atoms with Gasteiger partial charge in [0.15, 0.2) is 28.1 Å². The van der Waals surface area contributed by atoms with Crippen LogP contribution in [-0.4, -0.2) is 184 Å². The average molecular weight is 1640 g/mol. The van der Waals surface area contributed by atoms with Crippen LogP contribution in [0.4, 0.5) is 28.4 Å². The number of nitrogens with zero attached hydrogens (tertiary/aromatic N) is 11. The quantitative estimate of drug-likeness (QED) is 0.0384. The van der Waals surface area contributed by atoms with E-state index in [-0.39, 0.29) is 112 Å². The third-order valence-corrected chi connectivity index (χ3v) is 17.9. The zero-order chi connectivity index (χ0) is 74.6. The molecule has 4 aromatic heterocycles. The normalized spacial score (nSPS) is 13.2. The van der Waals surface area contributed by atoms with Gasteiger partial charge in [-0.05, 0) is 186 Å². The number of benzene rings is 3. The van der Waals surface area contributed by atoms with Gasteiger partial charge in [0.2, 0.25) is 53.6 Å². The molecule has 35 heteroatoms. The smallest absolute Gasteiger partial charge is 0.333 e. The summed E-state index contributed by atoms with van der Waals surface area (Å²) in [5.41, 5.74) is 7.55. The number of nitrogens with two attached hydrogens (primary N) is 1. The van der Waals surface area contributed by atoms with E-state index in [1.807, 2.05) is 38.4 Å². The molecule has 3 aromatic carbocycles. The number of carboxylic acids is 1. The maximum absolute atomic E-state index is 12.9. The Balaban J connectivity index is 0.000000218. The number of Topliss-reactive ketones (excluding diaryl/α,β-unsaturated/α-hetero) is 1. The summed E-state index contributed by atoms with van der Waals surface area (Å²) >= 11 is 4.35. The number of ketones is 1. The van der Waals surface area contributed by atoms with Crippen LogP contribution in [0.15, 0.2) is 84.1 Å². The molecule has 0 radical (unpaired) electrons. The molecule has 0 atom stereocenters. The number of hydrogen-bond acceptors (Lipinski definition) is 20. The Kier molecular flexibility index (Phi) is 27.6. The third-order valence-electron chi connectivity index (χ3n) is 14.6. The first-order chi connectivity index (χ1) is 46.7. The number of nitrogen functional groups attached to an aromatic ring is 1. The minimum absolute atomic E-state index is 0.000517. The molecule has 10 rings (SSSR count). The molecule has 536 valence electrons. The number of sulfone groups is 2. The van der Waals surface area contributed by atoms with Crippen molar-refractivity contribution in [3.8, 4) is 24.2 Å². The number of anilines is 5. The minimum Gasteiger partial charge on any atom is -0.480 e. The third kappa shape index (κ3) is 23.1. The summed E-state index contributed by atoms with van der Waals surface area (Å²) in [6.07, 6.45) is 13.0. The second-order valence-electron chi connectivity index (χ2n) is 24.8. The van der Waals surface area contributed by atoms with Crippen LogP contribution >= 0.6 is 45.2 Å². The number of halogens is 2. The van der Waals surface area contributed by atoms with Crippen LogP contribution in [0.3, 0.4) is 0 Å². The van der Waals surface area contributed by atoms with Crippen LogP contribution in [0.2, 0.25) is 0 Å². The molecule has 0 saturated heterocycles. The number of likely N-dealkylation sites (N-methyl/N-ethyl adjacent to an activating group) is 3. The average Bonchev–Trinajstić information content (AvgIpc) is 1.55. The molecule has 0 spiro atoms. The molecular formula is C65H80I2N16O15S2. The number of hydrogen-bond donors (Lipinski definition) is 6. The van der Waals surface area contributed by atoms with E-state index in [0.717, 1.165) is 97.0 Å². The number of aliphatic carboxylic acids is 1. The van der Waals surface area contributed by atoms with E-state index in [2.05, 4.69) is 94.2 Å². The van der Waals surface area contributed by atoms with Crippen molar-refractivity contribution in [3.63, 3.8) is 0 Å². The van der Waals surface area contributed by atoms with Crippen molar-refractivity contribution in [2.24, 2.45) is 45.9 Å². The number of aromatic nitrogens is 8. The molecule has 3 aliphatic carbocycles. The highest BCUT2D eigenvalue weighted by atomic mass is 127. The maximum atomic E-state index is 12.9. The number of terminal acetylenes is 1. The van der Waals surface area contributed by atoms with Gasteiger partial charge in [-0.15, -0.1) is 6.42 Å². The molecule has 31 nitrogen and oxygen atoms in total. The Hall–Kier alpha value is -8.86. The first kappa shape index (κ1) is 80.1. The number of carbonyl (C=O) groups excluding carboxylic acids is 5. The molecule has 4 amide bonds. The molecule has 7 N–H and O–H groups in total. The van der Waals surface area contributed by atoms with Crippen molar-refractivity contribution in [1.82, 2.24) is 52.1 Å². The summed E-state index contributed by atoms with van der Waals surface area (Å²) in [7, 11) is 8.72. The lowest BCUT2D eigenvalue weighted by molar-refractivity contribution is -0.137. The zero-order valence-electron chi connectivity index (χ0n) is 57.2. The van der Waals surface area contributed by atoms with Crippen molar-refractivity contribution in [2.45, 2.75) is 68.3 Å². The molecule has 7 aromatic rings. The molecule has 4 heterocycles. The number of carboxylic acid groups (broad SMARTS) is 1. The minimum atomic E-state index is -3.77. The summed E-state index contributed by atoms with van der Waals surface area (Å²) in [4.78, 5) is 132. The lowest BCUT2D eigenvalue weighted by Gasteiger charge is -2.12. The largest absolute Gasteiger partial charge is 0.480 e. The molecule has 0 aliphatic heterocycles. The molecule has 0 unspecified atom stereocenters. The van der Waals surface area contributed by atoms with Crippen LogP contribution < -0.4 is 49.5 Å². The monoisotopic (exact) mass is 1640 g/mol. The van der Waals surface area contributed by atoms with Gasteiger partial charge in [0.25, 0.3) is 11.1 Å². The van der Waals surface area contributed by atoms with Crippen molar-refractivity contribution in [3.05, 3.63) is 115 Å². The number of fused-ring (bicyclic) bond motifs is 2. The number of rotatable bonds is 19.